The minimum absolute atomic E-state index is 0.249. The van der Waals surface area contributed by atoms with E-state index in [0.717, 1.165) is 85.4 Å². The molecule has 38 heavy (non-hydrogen) atoms. The molecule has 0 unspecified atom stereocenters. The van der Waals surface area contributed by atoms with E-state index in [0.29, 0.717) is 12.5 Å². The summed E-state index contributed by atoms with van der Waals surface area (Å²) in [6.07, 6.45) is 6.29. The Morgan fingerprint density at radius 2 is 1.84 bits per heavy atom. The number of likely N-dealkylation sites (tertiary alicyclic amines) is 2. The molecule has 3 aromatic heterocycles. The van der Waals surface area contributed by atoms with Gasteiger partial charge in [-0.3, -0.25) is 14.1 Å². The molecule has 198 valence electrons. The maximum atomic E-state index is 13.4. The van der Waals surface area contributed by atoms with E-state index in [4.69, 9.17) is 9.97 Å². The van der Waals surface area contributed by atoms with E-state index in [1.165, 1.54) is 17.7 Å². The first kappa shape index (κ1) is 25.0. The predicted molar refractivity (Wildman–Crippen MR) is 150 cm³/mol. The zero-order valence-corrected chi connectivity index (χ0v) is 22.8. The van der Waals surface area contributed by atoms with Crippen molar-refractivity contribution in [3.05, 3.63) is 65.0 Å². The smallest absolute Gasteiger partial charge is 0.236 e. The highest BCUT2D eigenvalue weighted by molar-refractivity contribution is 7.14. The van der Waals surface area contributed by atoms with Gasteiger partial charge in [0, 0.05) is 37.3 Å². The number of fused-ring (bicyclic) bond motifs is 1. The van der Waals surface area contributed by atoms with E-state index in [-0.39, 0.29) is 11.7 Å². The molecule has 1 aromatic carbocycles. The fourth-order valence-electron chi connectivity index (χ4n) is 5.47. The molecule has 2 aliphatic heterocycles. The molecular formula is C29H33FN6OS. The normalized spacial score (nSPS) is 16.7. The molecule has 0 bridgehead atoms. The minimum Gasteiger partial charge on any atom is -0.341 e. The second-order valence-electron chi connectivity index (χ2n) is 10.3. The third-order valence-electron chi connectivity index (χ3n) is 7.88. The van der Waals surface area contributed by atoms with Crippen LogP contribution in [0.5, 0.6) is 0 Å². The van der Waals surface area contributed by atoms with Crippen LogP contribution in [0.2, 0.25) is 0 Å². The summed E-state index contributed by atoms with van der Waals surface area (Å²) in [6.45, 7) is 6.42. The average Bonchev–Trinajstić information content (AvgIpc) is 3.53. The van der Waals surface area contributed by atoms with Gasteiger partial charge in [-0.05, 0) is 80.6 Å². The standard InChI is InChI=1S/C29H33FN6OS/c1-3-24-28(33(2)29-32-25(19-38-29)21-5-8-23(30)9-6-21)36-17-22(7-10-26(36)31-24)20-11-15-34(16-12-20)18-27(37)35-13-4-14-35/h5-10,17,19-20H,3-4,11-16,18H2,1-2H3. The number of aryl methyl sites for hydroxylation is 1. The lowest BCUT2D eigenvalue weighted by Crippen LogP contribution is -2.48. The van der Waals surface area contributed by atoms with Gasteiger partial charge in [-0.2, -0.15) is 0 Å². The molecule has 0 atom stereocenters. The molecule has 4 aromatic rings. The maximum Gasteiger partial charge on any atom is 0.236 e. The Morgan fingerprint density at radius 3 is 2.53 bits per heavy atom. The van der Waals surface area contributed by atoms with Crippen LogP contribution in [0.4, 0.5) is 15.3 Å². The van der Waals surface area contributed by atoms with Crippen molar-refractivity contribution in [3.8, 4) is 11.3 Å². The topological polar surface area (TPSA) is 57.0 Å². The van der Waals surface area contributed by atoms with Gasteiger partial charge in [-0.1, -0.05) is 13.0 Å². The van der Waals surface area contributed by atoms with Crippen LogP contribution in [0, 0.1) is 5.82 Å². The van der Waals surface area contributed by atoms with E-state index in [1.807, 2.05) is 17.3 Å². The van der Waals surface area contributed by atoms with Crippen LogP contribution >= 0.6 is 11.3 Å². The minimum atomic E-state index is -0.249. The van der Waals surface area contributed by atoms with Gasteiger partial charge in [0.1, 0.15) is 17.3 Å². The van der Waals surface area contributed by atoms with Crippen LogP contribution in [0.25, 0.3) is 16.9 Å². The SMILES string of the molecule is CCc1nc2ccc(C3CCN(CC(=O)N4CCC4)CC3)cn2c1N(C)c1nc(-c2ccc(F)cc2)cs1. The van der Waals surface area contributed by atoms with Gasteiger partial charge in [0.05, 0.1) is 17.9 Å². The molecule has 2 saturated heterocycles. The molecule has 0 N–H and O–H groups in total. The van der Waals surface area contributed by atoms with Gasteiger partial charge in [-0.25, -0.2) is 14.4 Å². The van der Waals surface area contributed by atoms with Crippen molar-refractivity contribution in [1.82, 2.24) is 24.2 Å². The maximum absolute atomic E-state index is 13.4. The summed E-state index contributed by atoms with van der Waals surface area (Å²) in [4.78, 5) is 28.6. The largest absolute Gasteiger partial charge is 0.341 e. The average molecular weight is 533 g/mol. The Kier molecular flexibility index (Phi) is 6.88. The molecule has 1 amide bonds. The molecular weight excluding hydrogens is 499 g/mol. The number of halogens is 1. The zero-order chi connectivity index (χ0) is 26.2. The zero-order valence-electron chi connectivity index (χ0n) is 21.9. The molecule has 6 rings (SSSR count). The third kappa shape index (κ3) is 4.80. The van der Waals surface area contributed by atoms with Gasteiger partial charge in [0.2, 0.25) is 5.91 Å². The number of nitrogens with zero attached hydrogens (tertiary/aromatic N) is 6. The summed E-state index contributed by atoms with van der Waals surface area (Å²) in [5, 5.41) is 2.88. The molecule has 2 aliphatic rings. The monoisotopic (exact) mass is 532 g/mol. The second kappa shape index (κ2) is 10.5. The van der Waals surface area contributed by atoms with Gasteiger partial charge < -0.3 is 9.80 Å². The fourth-order valence-corrected chi connectivity index (χ4v) is 6.28. The number of piperidine rings is 1. The van der Waals surface area contributed by atoms with E-state index in [9.17, 15) is 9.18 Å². The molecule has 7 nitrogen and oxygen atoms in total. The molecule has 2 fully saturated rings. The number of hydrogen-bond donors (Lipinski definition) is 0. The van der Waals surface area contributed by atoms with E-state index in [1.54, 1.807) is 23.5 Å². The number of hydrogen-bond acceptors (Lipinski definition) is 6. The summed E-state index contributed by atoms with van der Waals surface area (Å²) >= 11 is 1.57. The first-order chi connectivity index (χ1) is 18.5. The number of imidazole rings is 1. The Hall–Kier alpha value is -3.30. The quantitative estimate of drug-likeness (QED) is 0.322. The predicted octanol–water partition coefficient (Wildman–Crippen LogP) is 5.34. The Labute approximate surface area is 226 Å². The lowest BCUT2D eigenvalue weighted by atomic mass is 9.90. The lowest BCUT2D eigenvalue weighted by Gasteiger charge is -2.36. The lowest BCUT2D eigenvalue weighted by molar-refractivity contribution is -0.136. The molecule has 0 saturated carbocycles. The summed E-state index contributed by atoms with van der Waals surface area (Å²) < 4.78 is 15.6. The highest BCUT2D eigenvalue weighted by Gasteiger charge is 2.27. The number of carbonyl (C=O) groups is 1. The van der Waals surface area contributed by atoms with E-state index >= 15 is 0 Å². The number of rotatable bonds is 7. The number of benzene rings is 1. The van der Waals surface area contributed by atoms with Crippen molar-refractivity contribution >= 4 is 33.8 Å². The Morgan fingerprint density at radius 1 is 1.08 bits per heavy atom. The molecule has 0 aliphatic carbocycles. The summed E-state index contributed by atoms with van der Waals surface area (Å²) in [5.74, 6) is 1.52. The van der Waals surface area contributed by atoms with Crippen molar-refractivity contribution in [3.63, 3.8) is 0 Å². The van der Waals surface area contributed by atoms with Crippen molar-refractivity contribution in [2.75, 3.05) is 44.7 Å². The highest BCUT2D eigenvalue weighted by Crippen LogP contribution is 2.35. The van der Waals surface area contributed by atoms with Crippen molar-refractivity contribution < 1.29 is 9.18 Å². The number of anilines is 2. The van der Waals surface area contributed by atoms with Crippen LogP contribution in [-0.2, 0) is 11.2 Å². The van der Waals surface area contributed by atoms with Gasteiger partial charge >= 0.3 is 0 Å². The van der Waals surface area contributed by atoms with Gasteiger partial charge in [0.15, 0.2) is 5.13 Å². The third-order valence-corrected chi connectivity index (χ3v) is 8.80. The van der Waals surface area contributed by atoms with E-state index < -0.39 is 0 Å². The summed E-state index contributed by atoms with van der Waals surface area (Å²) in [6, 6.07) is 10.8. The van der Waals surface area contributed by atoms with E-state index in [2.05, 4.69) is 39.5 Å². The molecule has 0 spiro atoms. The van der Waals surface area contributed by atoms with Crippen molar-refractivity contribution in [2.45, 2.75) is 38.5 Å². The van der Waals surface area contributed by atoms with Crippen LogP contribution in [0.1, 0.15) is 43.4 Å². The number of thiazole rings is 1. The highest BCUT2D eigenvalue weighted by atomic mass is 32.1. The van der Waals surface area contributed by atoms with Crippen LogP contribution in [0.15, 0.2) is 48.0 Å². The van der Waals surface area contributed by atoms with Gasteiger partial charge in [0.25, 0.3) is 0 Å². The second-order valence-corrected chi connectivity index (χ2v) is 11.1. The first-order valence-electron chi connectivity index (χ1n) is 13.5. The summed E-state index contributed by atoms with van der Waals surface area (Å²) in [5.41, 5.74) is 5.01. The Balaban J connectivity index is 1.22. The van der Waals surface area contributed by atoms with Crippen molar-refractivity contribution in [1.29, 1.82) is 0 Å². The Bertz CT molecular complexity index is 1440. The molecule has 0 radical (unpaired) electrons. The number of amides is 1. The van der Waals surface area contributed by atoms with Crippen LogP contribution < -0.4 is 4.90 Å². The number of pyridine rings is 1. The van der Waals surface area contributed by atoms with Crippen LogP contribution in [-0.4, -0.2) is 69.8 Å². The van der Waals surface area contributed by atoms with Gasteiger partial charge in [-0.15, -0.1) is 11.3 Å². The molecule has 9 heteroatoms. The first-order valence-corrected chi connectivity index (χ1v) is 14.3. The van der Waals surface area contributed by atoms with Crippen LogP contribution in [0.3, 0.4) is 0 Å². The number of carbonyl (C=O) groups excluding carboxylic acids is 1. The number of aromatic nitrogens is 3. The molecule has 5 heterocycles. The summed E-state index contributed by atoms with van der Waals surface area (Å²) in [7, 11) is 2.04. The van der Waals surface area contributed by atoms with Crippen molar-refractivity contribution in [2.24, 2.45) is 0 Å². The fraction of sp³-hybridized carbons (Fsp3) is 0.414.